The maximum atomic E-state index is 5.86. The fourth-order valence-corrected chi connectivity index (χ4v) is 2.11. The van der Waals surface area contributed by atoms with E-state index in [0.717, 1.165) is 31.3 Å². The van der Waals surface area contributed by atoms with E-state index in [4.69, 9.17) is 5.73 Å². The number of anilines is 1. The summed E-state index contributed by atoms with van der Waals surface area (Å²) in [6, 6.07) is 0.162. The lowest BCUT2D eigenvalue weighted by molar-refractivity contribution is 0.621. The van der Waals surface area contributed by atoms with Gasteiger partial charge >= 0.3 is 0 Å². The molecule has 2 rings (SSSR count). The predicted molar refractivity (Wildman–Crippen MR) is 64.3 cm³/mol. The van der Waals surface area contributed by atoms with Gasteiger partial charge in [-0.3, -0.25) is 4.57 Å². The number of aromatic nitrogens is 3. The quantitative estimate of drug-likeness (QED) is 0.747. The number of allylic oxidation sites excluding steroid dienone is 1. The molecule has 16 heavy (non-hydrogen) atoms. The molecule has 0 saturated heterocycles. The van der Waals surface area contributed by atoms with Gasteiger partial charge in [0.1, 0.15) is 5.82 Å². The lowest BCUT2D eigenvalue weighted by Crippen LogP contribution is -2.16. The van der Waals surface area contributed by atoms with E-state index < -0.39 is 0 Å². The fourth-order valence-electron chi connectivity index (χ4n) is 2.11. The largest absolute Gasteiger partial charge is 0.355 e. The Balaban J connectivity index is 2.24. The molecule has 5 nitrogen and oxygen atoms in total. The van der Waals surface area contributed by atoms with E-state index in [1.54, 1.807) is 0 Å². The summed E-state index contributed by atoms with van der Waals surface area (Å²) in [4.78, 5) is 0. The second kappa shape index (κ2) is 4.65. The van der Waals surface area contributed by atoms with Crippen LogP contribution in [0, 0.1) is 0 Å². The average molecular weight is 221 g/mol. The zero-order valence-electron chi connectivity index (χ0n) is 9.85. The minimum atomic E-state index is 0.162. The van der Waals surface area contributed by atoms with Crippen LogP contribution in [0.4, 0.5) is 5.95 Å². The third-order valence-electron chi connectivity index (χ3n) is 2.88. The molecule has 0 radical (unpaired) electrons. The molecule has 0 aromatic carbocycles. The number of rotatable bonds is 4. The minimum Gasteiger partial charge on any atom is -0.355 e. The highest BCUT2D eigenvalue weighted by molar-refractivity contribution is 5.29. The molecule has 2 unspecified atom stereocenters. The summed E-state index contributed by atoms with van der Waals surface area (Å²) >= 11 is 0. The van der Waals surface area contributed by atoms with Crippen molar-refractivity contribution in [1.82, 2.24) is 14.8 Å². The summed E-state index contributed by atoms with van der Waals surface area (Å²) in [7, 11) is 0. The Morgan fingerprint density at radius 3 is 2.81 bits per heavy atom. The van der Waals surface area contributed by atoms with Gasteiger partial charge in [0.2, 0.25) is 5.95 Å². The SMILES string of the molecule is CCNc1nnc(C2C=CC(N)C2)n1CC. The van der Waals surface area contributed by atoms with Gasteiger partial charge in [-0.2, -0.15) is 0 Å². The van der Waals surface area contributed by atoms with Gasteiger partial charge in [-0.25, -0.2) is 0 Å². The summed E-state index contributed by atoms with van der Waals surface area (Å²) in [5.74, 6) is 2.19. The molecule has 1 aliphatic rings. The Hall–Kier alpha value is -1.36. The van der Waals surface area contributed by atoms with E-state index in [2.05, 4.69) is 40.0 Å². The van der Waals surface area contributed by atoms with Crippen molar-refractivity contribution in [1.29, 1.82) is 0 Å². The van der Waals surface area contributed by atoms with Crippen LogP contribution in [0.1, 0.15) is 32.0 Å². The van der Waals surface area contributed by atoms with E-state index in [1.807, 2.05) is 6.08 Å². The first kappa shape index (κ1) is 11.1. The van der Waals surface area contributed by atoms with Gasteiger partial charge in [0, 0.05) is 25.0 Å². The zero-order chi connectivity index (χ0) is 11.5. The van der Waals surface area contributed by atoms with E-state index in [1.165, 1.54) is 0 Å². The number of nitrogens with two attached hydrogens (primary N) is 1. The van der Waals surface area contributed by atoms with Gasteiger partial charge in [0.05, 0.1) is 0 Å². The Bertz CT molecular complexity index is 382. The summed E-state index contributed by atoms with van der Waals surface area (Å²) in [6.45, 7) is 5.90. The van der Waals surface area contributed by atoms with Gasteiger partial charge in [-0.1, -0.05) is 12.2 Å². The maximum Gasteiger partial charge on any atom is 0.224 e. The number of nitrogens with zero attached hydrogens (tertiary/aromatic N) is 3. The van der Waals surface area contributed by atoms with E-state index in [9.17, 15) is 0 Å². The van der Waals surface area contributed by atoms with E-state index >= 15 is 0 Å². The first-order valence-electron chi connectivity index (χ1n) is 5.87. The molecule has 3 N–H and O–H groups in total. The summed E-state index contributed by atoms with van der Waals surface area (Å²) in [6.07, 6.45) is 5.12. The van der Waals surface area contributed by atoms with Gasteiger partial charge in [-0.15, -0.1) is 10.2 Å². The lowest BCUT2D eigenvalue weighted by Gasteiger charge is -2.12. The molecular formula is C11H19N5. The van der Waals surface area contributed by atoms with Crippen LogP contribution in [0.5, 0.6) is 0 Å². The van der Waals surface area contributed by atoms with Crippen LogP contribution in [0.15, 0.2) is 12.2 Å². The molecule has 0 amide bonds. The molecule has 0 fully saturated rings. The molecule has 0 saturated carbocycles. The molecule has 0 aliphatic heterocycles. The molecule has 1 heterocycles. The van der Waals surface area contributed by atoms with Crippen LogP contribution in [0.3, 0.4) is 0 Å². The predicted octanol–water partition coefficient (Wildman–Crippen LogP) is 1.10. The van der Waals surface area contributed by atoms with Crippen LogP contribution in [0.25, 0.3) is 0 Å². The standard InChI is InChI=1S/C11H19N5/c1-3-13-11-15-14-10(16(11)4-2)8-5-6-9(12)7-8/h5-6,8-9H,3-4,7,12H2,1-2H3,(H,13,15). The van der Waals surface area contributed by atoms with E-state index in [-0.39, 0.29) is 6.04 Å². The molecule has 1 aliphatic carbocycles. The molecule has 1 aromatic heterocycles. The highest BCUT2D eigenvalue weighted by Gasteiger charge is 2.23. The van der Waals surface area contributed by atoms with Gasteiger partial charge in [0.25, 0.3) is 0 Å². The second-order valence-electron chi connectivity index (χ2n) is 4.05. The molecule has 0 spiro atoms. The third-order valence-corrected chi connectivity index (χ3v) is 2.88. The van der Waals surface area contributed by atoms with Gasteiger partial charge in [-0.05, 0) is 20.3 Å². The molecule has 5 heteroatoms. The van der Waals surface area contributed by atoms with Crippen molar-refractivity contribution < 1.29 is 0 Å². The monoisotopic (exact) mass is 221 g/mol. The van der Waals surface area contributed by atoms with Crippen molar-refractivity contribution in [2.45, 2.75) is 38.8 Å². The van der Waals surface area contributed by atoms with Crippen molar-refractivity contribution in [2.24, 2.45) is 5.73 Å². The summed E-state index contributed by atoms with van der Waals surface area (Å²) in [5, 5.41) is 11.7. The highest BCUT2D eigenvalue weighted by atomic mass is 15.3. The molecule has 2 atom stereocenters. The van der Waals surface area contributed by atoms with E-state index in [0.29, 0.717) is 5.92 Å². The summed E-state index contributed by atoms with van der Waals surface area (Å²) in [5.41, 5.74) is 5.86. The van der Waals surface area contributed by atoms with Crippen molar-refractivity contribution >= 4 is 5.95 Å². The topological polar surface area (TPSA) is 68.8 Å². The van der Waals surface area contributed by atoms with Gasteiger partial charge < -0.3 is 11.1 Å². The van der Waals surface area contributed by atoms with Crippen molar-refractivity contribution in [2.75, 3.05) is 11.9 Å². The van der Waals surface area contributed by atoms with Crippen molar-refractivity contribution in [3.05, 3.63) is 18.0 Å². The minimum absolute atomic E-state index is 0.162. The molecule has 1 aromatic rings. The van der Waals surface area contributed by atoms with Gasteiger partial charge in [0.15, 0.2) is 0 Å². The number of hydrogen-bond acceptors (Lipinski definition) is 4. The van der Waals surface area contributed by atoms with Crippen molar-refractivity contribution in [3.63, 3.8) is 0 Å². The van der Waals surface area contributed by atoms with Crippen LogP contribution in [-0.2, 0) is 6.54 Å². The second-order valence-corrected chi connectivity index (χ2v) is 4.05. The Labute approximate surface area is 95.7 Å². The average Bonchev–Trinajstić information content (AvgIpc) is 2.85. The van der Waals surface area contributed by atoms with Crippen LogP contribution in [-0.4, -0.2) is 27.4 Å². The van der Waals surface area contributed by atoms with Crippen molar-refractivity contribution in [3.8, 4) is 0 Å². The lowest BCUT2D eigenvalue weighted by atomic mass is 10.1. The zero-order valence-corrected chi connectivity index (χ0v) is 9.85. The van der Waals surface area contributed by atoms with Crippen LogP contribution in [0.2, 0.25) is 0 Å². The highest BCUT2D eigenvalue weighted by Crippen LogP contribution is 2.27. The Morgan fingerprint density at radius 1 is 1.44 bits per heavy atom. The first-order chi connectivity index (χ1) is 7.76. The normalized spacial score (nSPS) is 23.9. The molecular weight excluding hydrogens is 202 g/mol. The smallest absolute Gasteiger partial charge is 0.224 e. The molecule has 0 bridgehead atoms. The first-order valence-corrected chi connectivity index (χ1v) is 5.87. The Kier molecular flexibility index (Phi) is 3.24. The number of hydrogen-bond donors (Lipinski definition) is 2. The summed E-state index contributed by atoms with van der Waals surface area (Å²) < 4.78 is 2.12. The maximum absolute atomic E-state index is 5.86. The Morgan fingerprint density at radius 2 is 2.25 bits per heavy atom. The van der Waals surface area contributed by atoms with Crippen LogP contribution < -0.4 is 11.1 Å². The fraction of sp³-hybridized carbons (Fsp3) is 0.636. The number of nitrogens with one attached hydrogen (secondary N) is 1. The third kappa shape index (κ3) is 1.95. The van der Waals surface area contributed by atoms with Crippen LogP contribution >= 0.6 is 0 Å². The molecule has 88 valence electrons.